The average Bonchev–Trinajstić information content (AvgIpc) is 3.29. The van der Waals surface area contributed by atoms with Crippen LogP contribution in [0.25, 0.3) is 0 Å². The van der Waals surface area contributed by atoms with Gasteiger partial charge in [0.05, 0.1) is 5.25 Å². The lowest BCUT2D eigenvalue weighted by atomic mass is 9.84. The molecule has 2 N–H and O–H groups in total. The summed E-state index contributed by atoms with van der Waals surface area (Å²) >= 11 is 2.65. The standard InChI is InChI=1S/C25H18N4O3S2/c1-14(33-25-29-28-24(34-25)27-15-7-3-2-4-8-15)23(32)26-16-11-12-19-20(13-16)22(31)18-10-6-5-9-17(18)21(19)30/h2-14H,1H3,(H,26,32)(H,27,28). The second-order valence-electron chi connectivity index (χ2n) is 7.58. The number of aromatic nitrogens is 2. The predicted octanol–water partition coefficient (Wildman–Crippen LogP) is 5.18. The van der Waals surface area contributed by atoms with Crippen molar-refractivity contribution in [1.82, 2.24) is 10.2 Å². The van der Waals surface area contributed by atoms with Gasteiger partial charge in [-0.3, -0.25) is 14.4 Å². The van der Waals surface area contributed by atoms with E-state index in [4.69, 9.17) is 0 Å². The highest BCUT2D eigenvalue weighted by atomic mass is 32.2. The maximum absolute atomic E-state index is 12.9. The van der Waals surface area contributed by atoms with Crippen LogP contribution in [0.3, 0.4) is 0 Å². The zero-order valence-electron chi connectivity index (χ0n) is 17.9. The van der Waals surface area contributed by atoms with Gasteiger partial charge >= 0.3 is 0 Å². The van der Waals surface area contributed by atoms with Crippen LogP contribution in [0.1, 0.15) is 38.8 Å². The van der Waals surface area contributed by atoms with Gasteiger partial charge in [-0.2, -0.15) is 0 Å². The summed E-state index contributed by atoms with van der Waals surface area (Å²) in [6.07, 6.45) is 0. The molecular weight excluding hydrogens is 468 g/mol. The number of anilines is 3. The summed E-state index contributed by atoms with van der Waals surface area (Å²) in [7, 11) is 0. The fourth-order valence-corrected chi connectivity index (χ4v) is 5.49. The largest absolute Gasteiger partial charge is 0.330 e. The van der Waals surface area contributed by atoms with E-state index in [0.717, 1.165) is 5.69 Å². The van der Waals surface area contributed by atoms with Crippen LogP contribution in [-0.4, -0.2) is 32.9 Å². The number of carbonyl (C=O) groups is 3. The maximum atomic E-state index is 12.9. The van der Waals surface area contributed by atoms with Crippen molar-refractivity contribution in [2.75, 3.05) is 10.6 Å². The van der Waals surface area contributed by atoms with Gasteiger partial charge in [0.1, 0.15) is 0 Å². The summed E-state index contributed by atoms with van der Waals surface area (Å²) in [5.74, 6) is -0.660. The molecule has 0 aliphatic heterocycles. The molecule has 1 heterocycles. The second kappa shape index (κ2) is 9.20. The molecule has 34 heavy (non-hydrogen) atoms. The van der Waals surface area contributed by atoms with Crippen molar-refractivity contribution in [2.45, 2.75) is 16.5 Å². The molecule has 0 saturated heterocycles. The van der Waals surface area contributed by atoms with Crippen molar-refractivity contribution >= 4 is 57.1 Å². The minimum atomic E-state index is -0.452. The molecule has 1 aliphatic rings. The number of hydrogen-bond acceptors (Lipinski definition) is 8. The first-order valence-electron chi connectivity index (χ1n) is 10.4. The SMILES string of the molecule is CC(Sc1nnc(Nc2ccccc2)s1)C(=O)Nc1ccc2c(c1)C(=O)c1ccccc1C2=O. The van der Waals surface area contributed by atoms with Crippen molar-refractivity contribution in [3.8, 4) is 0 Å². The Balaban J connectivity index is 1.26. The van der Waals surface area contributed by atoms with E-state index in [0.29, 0.717) is 37.4 Å². The Morgan fingerprint density at radius 2 is 1.47 bits per heavy atom. The summed E-state index contributed by atoms with van der Waals surface area (Å²) in [4.78, 5) is 38.5. The number of hydrogen-bond donors (Lipinski definition) is 2. The first kappa shape index (κ1) is 22.0. The van der Waals surface area contributed by atoms with Crippen LogP contribution in [0.15, 0.2) is 77.1 Å². The van der Waals surface area contributed by atoms with E-state index in [1.165, 1.54) is 23.1 Å². The molecular formula is C25H18N4O3S2. The monoisotopic (exact) mass is 486 g/mol. The molecule has 0 bridgehead atoms. The highest BCUT2D eigenvalue weighted by Gasteiger charge is 2.29. The lowest BCUT2D eigenvalue weighted by Crippen LogP contribution is -2.24. The Kier molecular flexibility index (Phi) is 5.95. The summed E-state index contributed by atoms with van der Waals surface area (Å²) in [6, 6.07) is 21.2. The third-order valence-electron chi connectivity index (χ3n) is 5.27. The number of nitrogens with one attached hydrogen (secondary N) is 2. The van der Waals surface area contributed by atoms with Crippen LogP contribution in [0.4, 0.5) is 16.5 Å². The highest BCUT2D eigenvalue weighted by molar-refractivity contribution is 8.02. The minimum Gasteiger partial charge on any atom is -0.330 e. The summed E-state index contributed by atoms with van der Waals surface area (Å²) in [6.45, 7) is 1.77. The fraction of sp³-hybridized carbons (Fsp3) is 0.0800. The average molecular weight is 487 g/mol. The minimum absolute atomic E-state index is 0.191. The van der Waals surface area contributed by atoms with Gasteiger partial charge in [0.25, 0.3) is 0 Å². The fourth-order valence-electron chi connectivity index (χ4n) is 3.58. The van der Waals surface area contributed by atoms with E-state index in [2.05, 4.69) is 20.8 Å². The molecule has 1 aromatic heterocycles. The Morgan fingerprint density at radius 1 is 0.824 bits per heavy atom. The predicted molar refractivity (Wildman–Crippen MR) is 133 cm³/mol. The molecule has 0 fully saturated rings. The van der Waals surface area contributed by atoms with Gasteiger partial charge in [-0.25, -0.2) is 0 Å². The molecule has 0 saturated carbocycles. The molecule has 1 unspecified atom stereocenters. The Bertz CT molecular complexity index is 1420. The van der Waals surface area contributed by atoms with Crippen molar-refractivity contribution in [3.63, 3.8) is 0 Å². The van der Waals surface area contributed by atoms with E-state index in [-0.39, 0.29) is 17.5 Å². The van der Waals surface area contributed by atoms with Crippen molar-refractivity contribution < 1.29 is 14.4 Å². The smallest absolute Gasteiger partial charge is 0.237 e. The first-order valence-corrected chi connectivity index (χ1v) is 12.1. The summed E-state index contributed by atoms with van der Waals surface area (Å²) < 4.78 is 0.656. The lowest BCUT2D eigenvalue weighted by molar-refractivity contribution is -0.115. The maximum Gasteiger partial charge on any atom is 0.237 e. The van der Waals surface area contributed by atoms with Crippen LogP contribution >= 0.6 is 23.1 Å². The number of para-hydroxylation sites is 1. The van der Waals surface area contributed by atoms with E-state index < -0.39 is 5.25 Å². The number of carbonyl (C=O) groups excluding carboxylic acids is 3. The Hall–Kier alpha value is -3.82. The van der Waals surface area contributed by atoms with E-state index in [9.17, 15) is 14.4 Å². The number of thioether (sulfide) groups is 1. The Labute approximate surface area is 203 Å². The van der Waals surface area contributed by atoms with Crippen molar-refractivity contribution in [2.24, 2.45) is 0 Å². The molecule has 0 spiro atoms. The van der Waals surface area contributed by atoms with E-state index >= 15 is 0 Å². The van der Waals surface area contributed by atoms with Crippen molar-refractivity contribution in [3.05, 3.63) is 95.1 Å². The molecule has 0 radical (unpaired) electrons. The molecule has 4 aromatic rings. The topological polar surface area (TPSA) is 101 Å². The van der Waals surface area contributed by atoms with Crippen LogP contribution < -0.4 is 10.6 Å². The zero-order chi connectivity index (χ0) is 23.7. The third-order valence-corrected chi connectivity index (χ3v) is 7.29. The lowest BCUT2D eigenvalue weighted by Gasteiger charge is -2.18. The van der Waals surface area contributed by atoms with Gasteiger partial charge in [-0.15, -0.1) is 10.2 Å². The number of nitrogens with zero attached hydrogens (tertiary/aromatic N) is 2. The summed E-state index contributed by atoms with van der Waals surface area (Å²) in [5, 5.41) is 14.5. The highest BCUT2D eigenvalue weighted by Crippen LogP contribution is 2.32. The summed E-state index contributed by atoms with van der Waals surface area (Å²) in [5.41, 5.74) is 2.78. The molecule has 1 amide bonds. The number of amides is 1. The normalized spacial score (nSPS) is 13.1. The van der Waals surface area contributed by atoms with Crippen LogP contribution in [-0.2, 0) is 4.79 Å². The molecule has 3 aromatic carbocycles. The molecule has 5 rings (SSSR count). The number of ketones is 2. The van der Waals surface area contributed by atoms with Crippen molar-refractivity contribution in [1.29, 1.82) is 0 Å². The van der Waals surface area contributed by atoms with Crippen LogP contribution in [0, 0.1) is 0 Å². The zero-order valence-corrected chi connectivity index (χ0v) is 19.6. The number of rotatable bonds is 6. The van der Waals surface area contributed by atoms with Gasteiger partial charge in [0.15, 0.2) is 15.9 Å². The second-order valence-corrected chi connectivity index (χ2v) is 10.1. The Morgan fingerprint density at radius 3 is 2.21 bits per heavy atom. The van der Waals surface area contributed by atoms with Gasteiger partial charge in [0.2, 0.25) is 11.0 Å². The van der Waals surface area contributed by atoms with Gasteiger partial charge in [-0.05, 0) is 37.3 Å². The molecule has 1 atom stereocenters. The van der Waals surface area contributed by atoms with E-state index in [1.54, 1.807) is 49.4 Å². The number of fused-ring (bicyclic) bond motifs is 2. The molecule has 9 heteroatoms. The molecule has 7 nitrogen and oxygen atoms in total. The third kappa shape index (κ3) is 4.35. The number of benzene rings is 3. The first-order chi connectivity index (χ1) is 16.5. The quantitative estimate of drug-likeness (QED) is 0.319. The molecule has 168 valence electrons. The van der Waals surface area contributed by atoms with Gasteiger partial charge in [-0.1, -0.05) is 65.6 Å². The van der Waals surface area contributed by atoms with Gasteiger partial charge in [0, 0.05) is 33.6 Å². The van der Waals surface area contributed by atoms with Crippen LogP contribution in [0.2, 0.25) is 0 Å². The van der Waals surface area contributed by atoms with Crippen LogP contribution in [0.5, 0.6) is 0 Å². The molecule has 1 aliphatic carbocycles. The van der Waals surface area contributed by atoms with Gasteiger partial charge < -0.3 is 10.6 Å². The van der Waals surface area contributed by atoms with E-state index in [1.807, 2.05) is 30.3 Å².